The zero-order chi connectivity index (χ0) is 15.3. The molecule has 0 aliphatic heterocycles. The highest BCUT2D eigenvalue weighted by Crippen LogP contribution is 2.21. The van der Waals surface area contributed by atoms with E-state index in [9.17, 15) is 8.42 Å². The van der Waals surface area contributed by atoms with Gasteiger partial charge in [0.05, 0.1) is 4.90 Å². The van der Waals surface area contributed by atoms with Crippen LogP contribution in [0.4, 0.5) is 11.5 Å². The quantitative estimate of drug-likeness (QED) is 0.798. The number of hydrogen-bond donors (Lipinski definition) is 2. The Morgan fingerprint density at radius 2 is 1.90 bits per heavy atom. The molecule has 2 N–H and O–H groups in total. The van der Waals surface area contributed by atoms with Crippen LogP contribution >= 0.6 is 0 Å². The number of benzene rings is 1. The van der Waals surface area contributed by atoms with Gasteiger partial charge in [0.2, 0.25) is 0 Å². The van der Waals surface area contributed by atoms with E-state index in [0.29, 0.717) is 0 Å². The number of rotatable bonds is 6. The van der Waals surface area contributed by atoms with Crippen LogP contribution in [0, 0.1) is 0 Å². The Kier molecular flexibility index (Phi) is 4.44. The Hall–Kier alpha value is -2.54. The summed E-state index contributed by atoms with van der Waals surface area (Å²) in [6.45, 7) is 3.51. The van der Waals surface area contributed by atoms with E-state index in [1.807, 2.05) is 0 Å². The fraction of sp³-hybridized carbons (Fsp3) is 0.0714. The van der Waals surface area contributed by atoms with Crippen LogP contribution in [0.5, 0.6) is 0 Å². The summed E-state index contributed by atoms with van der Waals surface area (Å²) in [5, 5.41) is 2.94. The molecule has 6 nitrogen and oxygen atoms in total. The first-order valence-corrected chi connectivity index (χ1v) is 7.65. The molecule has 0 saturated heterocycles. The second-order valence-electron chi connectivity index (χ2n) is 4.06. The molecule has 1 heterocycles. The van der Waals surface area contributed by atoms with E-state index in [4.69, 9.17) is 0 Å². The number of pyridine rings is 1. The van der Waals surface area contributed by atoms with Gasteiger partial charge >= 0.3 is 0 Å². The number of nitrogens with one attached hydrogen (secondary N) is 2. The van der Waals surface area contributed by atoms with E-state index in [0.717, 1.165) is 10.1 Å². The lowest BCUT2D eigenvalue weighted by Crippen LogP contribution is -2.40. The van der Waals surface area contributed by atoms with Gasteiger partial charge in [-0.25, -0.2) is 4.98 Å². The minimum absolute atomic E-state index is 0.154. The Bertz CT molecular complexity index is 700. The van der Waals surface area contributed by atoms with Crippen molar-refractivity contribution in [2.24, 2.45) is 0 Å². The summed E-state index contributed by atoms with van der Waals surface area (Å²) in [5.41, 5.74) is 3.43. The predicted octanol–water partition coefficient (Wildman–Crippen LogP) is 1.97. The van der Waals surface area contributed by atoms with E-state index in [2.05, 4.69) is 22.3 Å². The Labute approximate surface area is 124 Å². The van der Waals surface area contributed by atoms with Gasteiger partial charge in [0.1, 0.15) is 0 Å². The summed E-state index contributed by atoms with van der Waals surface area (Å²) in [6.07, 6.45) is 2.81. The number of sulfonamides is 1. The lowest BCUT2D eigenvalue weighted by atomic mass is 10.3. The van der Waals surface area contributed by atoms with E-state index >= 15 is 0 Å². The molecule has 0 bridgehead atoms. The highest BCUT2D eigenvalue weighted by molar-refractivity contribution is 7.92. The lowest BCUT2D eigenvalue weighted by Gasteiger charge is -2.22. The molecule has 0 atom stereocenters. The van der Waals surface area contributed by atoms with Gasteiger partial charge in [-0.15, -0.1) is 0 Å². The molecule has 7 heteroatoms. The lowest BCUT2D eigenvalue weighted by molar-refractivity contribution is 0.586. The van der Waals surface area contributed by atoms with Crippen molar-refractivity contribution in [2.45, 2.75) is 4.90 Å². The monoisotopic (exact) mass is 304 g/mol. The molecular weight excluding hydrogens is 288 g/mol. The number of aromatic nitrogens is 1. The third kappa shape index (κ3) is 3.14. The van der Waals surface area contributed by atoms with Gasteiger partial charge in [0.15, 0.2) is 5.82 Å². The minimum Gasteiger partial charge on any atom is -0.388 e. The highest BCUT2D eigenvalue weighted by Gasteiger charge is 2.25. The van der Waals surface area contributed by atoms with Crippen molar-refractivity contribution >= 4 is 21.5 Å². The van der Waals surface area contributed by atoms with Gasteiger partial charge in [-0.3, -0.25) is 5.43 Å². The number of nitrogens with zero attached hydrogens (tertiary/aromatic N) is 2. The smallest absolute Gasteiger partial charge is 0.283 e. The molecule has 0 saturated carbocycles. The normalized spacial score (nSPS) is 10.7. The van der Waals surface area contributed by atoms with Crippen LogP contribution in [-0.2, 0) is 10.0 Å². The van der Waals surface area contributed by atoms with Crippen LogP contribution in [-0.4, -0.2) is 20.4 Å². The maximum Gasteiger partial charge on any atom is 0.283 e. The van der Waals surface area contributed by atoms with Crippen LogP contribution < -0.4 is 15.2 Å². The largest absolute Gasteiger partial charge is 0.388 e. The molecule has 21 heavy (non-hydrogen) atoms. The van der Waals surface area contributed by atoms with Crippen LogP contribution in [0.1, 0.15) is 0 Å². The van der Waals surface area contributed by atoms with Gasteiger partial charge in [-0.2, -0.15) is 12.8 Å². The zero-order valence-electron chi connectivity index (χ0n) is 11.5. The van der Waals surface area contributed by atoms with Gasteiger partial charge < -0.3 is 5.32 Å². The summed E-state index contributed by atoms with van der Waals surface area (Å²) >= 11 is 0. The Morgan fingerprint density at radius 1 is 1.19 bits per heavy atom. The molecule has 0 aliphatic rings. The van der Waals surface area contributed by atoms with Gasteiger partial charge in [-0.05, 0) is 36.4 Å². The first kappa shape index (κ1) is 14.9. The molecule has 1 aromatic heterocycles. The van der Waals surface area contributed by atoms with Crippen molar-refractivity contribution in [3.8, 4) is 0 Å². The van der Waals surface area contributed by atoms with Crippen molar-refractivity contribution in [3.63, 3.8) is 0 Å². The second kappa shape index (κ2) is 6.27. The van der Waals surface area contributed by atoms with E-state index in [-0.39, 0.29) is 10.7 Å². The topological polar surface area (TPSA) is 74.3 Å². The molecule has 0 spiro atoms. The fourth-order valence-corrected chi connectivity index (χ4v) is 2.97. The Morgan fingerprint density at radius 3 is 2.43 bits per heavy atom. The average Bonchev–Trinajstić information content (AvgIpc) is 2.53. The number of hydrogen-bond acceptors (Lipinski definition) is 5. The molecule has 0 radical (unpaired) electrons. The van der Waals surface area contributed by atoms with E-state index in [1.54, 1.807) is 37.4 Å². The highest BCUT2D eigenvalue weighted by atomic mass is 32.2. The number of hydrazine groups is 1. The van der Waals surface area contributed by atoms with Crippen LogP contribution in [0.25, 0.3) is 0 Å². The summed E-state index contributed by atoms with van der Waals surface area (Å²) in [6, 6.07) is 11.5. The maximum absolute atomic E-state index is 12.7. The van der Waals surface area contributed by atoms with E-state index < -0.39 is 10.0 Å². The Balaban J connectivity index is 2.44. The van der Waals surface area contributed by atoms with Crippen molar-refractivity contribution in [2.75, 3.05) is 16.8 Å². The third-order valence-electron chi connectivity index (χ3n) is 2.75. The SMILES string of the molecule is C=CNN(c1ccccn1)S(=O)(=O)c1ccc(NC)cc1. The molecule has 1 aromatic carbocycles. The molecule has 0 unspecified atom stereocenters. The third-order valence-corrected chi connectivity index (χ3v) is 4.39. The molecular formula is C14H16N4O2S. The van der Waals surface area contributed by atoms with E-state index in [1.165, 1.54) is 24.5 Å². The summed E-state index contributed by atoms with van der Waals surface area (Å²) in [5.74, 6) is 0.259. The maximum atomic E-state index is 12.7. The summed E-state index contributed by atoms with van der Waals surface area (Å²) in [7, 11) is -2.01. The van der Waals surface area contributed by atoms with Crippen molar-refractivity contribution in [3.05, 3.63) is 61.4 Å². The standard InChI is InChI=1S/C14H16N4O2S/c1-3-17-18(14-6-4-5-11-16-14)21(19,20)13-9-7-12(15-2)8-10-13/h3-11,15,17H,1H2,2H3. The molecule has 0 amide bonds. The fourth-order valence-electron chi connectivity index (χ4n) is 1.71. The zero-order valence-corrected chi connectivity index (χ0v) is 12.3. The van der Waals surface area contributed by atoms with Crippen LogP contribution in [0.15, 0.2) is 66.3 Å². The van der Waals surface area contributed by atoms with Crippen molar-refractivity contribution in [1.29, 1.82) is 0 Å². The van der Waals surface area contributed by atoms with Crippen molar-refractivity contribution < 1.29 is 8.42 Å². The van der Waals surface area contributed by atoms with Crippen molar-refractivity contribution in [1.82, 2.24) is 10.4 Å². The van der Waals surface area contributed by atoms with Gasteiger partial charge in [0.25, 0.3) is 10.0 Å². The molecule has 2 aromatic rings. The van der Waals surface area contributed by atoms with Gasteiger partial charge in [-0.1, -0.05) is 12.6 Å². The minimum atomic E-state index is -3.78. The van der Waals surface area contributed by atoms with Crippen LogP contribution in [0.2, 0.25) is 0 Å². The summed E-state index contributed by atoms with van der Waals surface area (Å²) < 4.78 is 26.3. The number of anilines is 2. The molecule has 2 rings (SSSR count). The molecule has 0 aliphatic carbocycles. The predicted molar refractivity (Wildman–Crippen MR) is 83.2 cm³/mol. The molecule has 110 valence electrons. The summed E-state index contributed by atoms with van der Waals surface area (Å²) in [4.78, 5) is 4.20. The first-order chi connectivity index (χ1) is 10.1. The first-order valence-electron chi connectivity index (χ1n) is 6.21. The molecule has 0 fully saturated rings. The second-order valence-corrected chi connectivity index (χ2v) is 5.85. The van der Waals surface area contributed by atoms with Gasteiger partial charge in [0, 0.05) is 25.1 Å². The van der Waals surface area contributed by atoms with Crippen LogP contribution in [0.3, 0.4) is 0 Å². The average molecular weight is 304 g/mol.